The van der Waals surface area contributed by atoms with E-state index in [1.165, 1.54) is 12.1 Å². The predicted octanol–water partition coefficient (Wildman–Crippen LogP) is 3.87. The van der Waals surface area contributed by atoms with E-state index in [1.54, 1.807) is 30.3 Å². The first-order valence-corrected chi connectivity index (χ1v) is 5.66. The zero-order valence-corrected chi connectivity index (χ0v) is 10.1. The van der Waals surface area contributed by atoms with Gasteiger partial charge in [0.15, 0.2) is 0 Å². The van der Waals surface area contributed by atoms with Gasteiger partial charge >= 0.3 is 0 Å². The van der Waals surface area contributed by atoms with E-state index in [2.05, 4.69) is 0 Å². The van der Waals surface area contributed by atoms with Crippen molar-refractivity contribution in [3.63, 3.8) is 0 Å². The monoisotopic (exact) mass is 250 g/mol. The van der Waals surface area contributed by atoms with Gasteiger partial charge in [-0.05, 0) is 41.8 Å². The molecule has 0 amide bonds. The fourth-order valence-corrected chi connectivity index (χ4v) is 1.96. The van der Waals surface area contributed by atoms with Crippen LogP contribution in [0.1, 0.15) is 22.8 Å². The lowest BCUT2D eigenvalue weighted by Crippen LogP contribution is -2.02. The number of benzene rings is 2. The molecule has 1 nitrogen and oxygen atoms in total. The molecule has 88 valence electrons. The van der Waals surface area contributed by atoms with Gasteiger partial charge in [-0.1, -0.05) is 35.9 Å². The summed E-state index contributed by atoms with van der Waals surface area (Å²) in [6.45, 7) is 1.83. The lowest BCUT2D eigenvalue weighted by atomic mass is 9.97. The highest BCUT2D eigenvalue weighted by atomic mass is 35.5. The molecule has 0 radical (unpaired) electrons. The summed E-state index contributed by atoms with van der Waals surface area (Å²) in [6.07, 6.45) is -0.857. The third-order valence-electron chi connectivity index (χ3n) is 2.77. The first kappa shape index (κ1) is 12.1. The van der Waals surface area contributed by atoms with Crippen molar-refractivity contribution in [2.24, 2.45) is 0 Å². The molecular formula is C14H12ClFO. The number of halogens is 2. The molecule has 2 rings (SSSR count). The summed E-state index contributed by atoms with van der Waals surface area (Å²) in [5, 5.41) is 10.8. The van der Waals surface area contributed by atoms with Gasteiger partial charge in [-0.15, -0.1) is 0 Å². The van der Waals surface area contributed by atoms with Gasteiger partial charge in [0.2, 0.25) is 0 Å². The largest absolute Gasteiger partial charge is 0.384 e. The Kier molecular flexibility index (Phi) is 3.46. The highest BCUT2D eigenvalue weighted by molar-refractivity contribution is 6.31. The molecule has 0 aliphatic carbocycles. The molecular weight excluding hydrogens is 239 g/mol. The number of aliphatic hydroxyl groups is 1. The van der Waals surface area contributed by atoms with E-state index in [0.717, 1.165) is 5.56 Å². The Balaban J connectivity index is 2.44. The smallest absolute Gasteiger partial charge is 0.123 e. The summed E-state index contributed by atoms with van der Waals surface area (Å²) < 4.78 is 13.1. The average Bonchev–Trinajstić information content (AvgIpc) is 2.32. The third-order valence-corrected chi connectivity index (χ3v) is 3.18. The van der Waals surface area contributed by atoms with E-state index in [1.807, 2.05) is 6.92 Å². The quantitative estimate of drug-likeness (QED) is 0.858. The lowest BCUT2D eigenvalue weighted by molar-refractivity contribution is 0.219. The lowest BCUT2D eigenvalue weighted by Gasteiger charge is -2.15. The molecule has 1 unspecified atom stereocenters. The molecule has 1 atom stereocenters. The van der Waals surface area contributed by atoms with E-state index < -0.39 is 6.10 Å². The molecule has 0 fully saturated rings. The molecule has 2 aromatic carbocycles. The Morgan fingerprint density at radius 3 is 2.59 bits per heavy atom. The van der Waals surface area contributed by atoms with Gasteiger partial charge < -0.3 is 5.11 Å². The minimum absolute atomic E-state index is 0.360. The number of aliphatic hydroxyl groups excluding tert-OH is 1. The number of hydrogen-bond acceptors (Lipinski definition) is 1. The van der Waals surface area contributed by atoms with Crippen LogP contribution >= 0.6 is 11.6 Å². The van der Waals surface area contributed by atoms with Crippen molar-refractivity contribution in [3.8, 4) is 0 Å². The molecule has 0 saturated heterocycles. The second kappa shape index (κ2) is 4.86. The molecule has 0 aliphatic rings. The minimum Gasteiger partial charge on any atom is -0.384 e. The molecule has 0 spiro atoms. The van der Waals surface area contributed by atoms with Crippen LogP contribution in [-0.2, 0) is 0 Å². The molecule has 0 heterocycles. The van der Waals surface area contributed by atoms with Gasteiger partial charge in [-0.25, -0.2) is 4.39 Å². The average molecular weight is 251 g/mol. The topological polar surface area (TPSA) is 20.2 Å². The van der Waals surface area contributed by atoms with Crippen LogP contribution in [0.4, 0.5) is 4.39 Å². The van der Waals surface area contributed by atoms with Crippen molar-refractivity contribution in [3.05, 3.63) is 70.0 Å². The first-order valence-electron chi connectivity index (χ1n) is 5.28. The fraction of sp³-hybridized carbons (Fsp3) is 0.143. The van der Waals surface area contributed by atoms with E-state index in [0.29, 0.717) is 16.1 Å². The maximum atomic E-state index is 13.1. The van der Waals surface area contributed by atoms with Crippen LogP contribution in [0.5, 0.6) is 0 Å². The second-order valence-electron chi connectivity index (χ2n) is 3.91. The Morgan fingerprint density at radius 2 is 1.88 bits per heavy atom. The summed E-state index contributed by atoms with van der Waals surface area (Å²) in [5.74, 6) is -0.360. The Labute approximate surface area is 104 Å². The van der Waals surface area contributed by atoms with Crippen molar-refractivity contribution in [2.75, 3.05) is 0 Å². The standard InChI is InChI=1S/C14H12ClFO/c1-9-12(6-3-7-13(9)15)14(17)10-4-2-5-11(16)8-10/h2-8,14,17H,1H3. The van der Waals surface area contributed by atoms with Crippen molar-refractivity contribution < 1.29 is 9.50 Å². The molecule has 1 N–H and O–H groups in total. The normalized spacial score (nSPS) is 12.5. The van der Waals surface area contributed by atoms with E-state index >= 15 is 0 Å². The predicted molar refractivity (Wildman–Crippen MR) is 66.7 cm³/mol. The highest BCUT2D eigenvalue weighted by Gasteiger charge is 2.14. The fourth-order valence-electron chi connectivity index (χ4n) is 1.78. The van der Waals surface area contributed by atoms with E-state index in [-0.39, 0.29) is 5.82 Å². The maximum Gasteiger partial charge on any atom is 0.123 e. The van der Waals surface area contributed by atoms with Crippen LogP contribution in [0.3, 0.4) is 0 Å². The number of hydrogen-bond donors (Lipinski definition) is 1. The summed E-state index contributed by atoms with van der Waals surface area (Å²) in [7, 11) is 0. The molecule has 0 bridgehead atoms. The number of rotatable bonds is 2. The molecule has 3 heteroatoms. The van der Waals surface area contributed by atoms with Gasteiger partial charge in [-0.2, -0.15) is 0 Å². The SMILES string of the molecule is Cc1c(Cl)cccc1C(O)c1cccc(F)c1. The third kappa shape index (κ3) is 2.48. The first-order chi connectivity index (χ1) is 8.09. The van der Waals surface area contributed by atoms with Gasteiger partial charge in [0.05, 0.1) is 0 Å². The minimum atomic E-state index is -0.857. The zero-order valence-electron chi connectivity index (χ0n) is 9.32. The van der Waals surface area contributed by atoms with Crippen molar-refractivity contribution in [1.82, 2.24) is 0 Å². The maximum absolute atomic E-state index is 13.1. The van der Waals surface area contributed by atoms with E-state index in [4.69, 9.17) is 11.6 Å². The van der Waals surface area contributed by atoms with Crippen molar-refractivity contribution >= 4 is 11.6 Å². The van der Waals surface area contributed by atoms with Crippen molar-refractivity contribution in [2.45, 2.75) is 13.0 Å². The zero-order chi connectivity index (χ0) is 12.4. The van der Waals surface area contributed by atoms with Crippen molar-refractivity contribution in [1.29, 1.82) is 0 Å². The van der Waals surface area contributed by atoms with Crippen LogP contribution in [-0.4, -0.2) is 5.11 Å². The molecule has 0 saturated carbocycles. The van der Waals surface area contributed by atoms with Crippen LogP contribution in [0.25, 0.3) is 0 Å². The Bertz CT molecular complexity index is 539. The van der Waals surface area contributed by atoms with E-state index in [9.17, 15) is 9.50 Å². The Hall–Kier alpha value is -1.38. The van der Waals surface area contributed by atoms with Crippen LogP contribution in [0, 0.1) is 12.7 Å². The summed E-state index contributed by atoms with van der Waals surface area (Å²) in [6, 6.07) is 11.3. The Morgan fingerprint density at radius 1 is 1.18 bits per heavy atom. The molecule has 17 heavy (non-hydrogen) atoms. The van der Waals surface area contributed by atoms with Crippen LogP contribution < -0.4 is 0 Å². The summed E-state index contributed by atoms with van der Waals surface area (Å²) >= 11 is 5.99. The van der Waals surface area contributed by atoms with Crippen LogP contribution in [0.2, 0.25) is 5.02 Å². The van der Waals surface area contributed by atoms with Gasteiger partial charge in [-0.3, -0.25) is 0 Å². The summed E-state index contributed by atoms with van der Waals surface area (Å²) in [5.41, 5.74) is 2.03. The van der Waals surface area contributed by atoms with Gasteiger partial charge in [0.25, 0.3) is 0 Å². The second-order valence-corrected chi connectivity index (χ2v) is 4.32. The molecule has 0 aliphatic heterocycles. The summed E-state index contributed by atoms with van der Waals surface area (Å²) in [4.78, 5) is 0. The molecule has 0 aromatic heterocycles. The van der Waals surface area contributed by atoms with Crippen LogP contribution in [0.15, 0.2) is 42.5 Å². The highest BCUT2D eigenvalue weighted by Crippen LogP contribution is 2.28. The molecule has 2 aromatic rings. The van der Waals surface area contributed by atoms with Gasteiger partial charge in [0, 0.05) is 5.02 Å². The van der Waals surface area contributed by atoms with Gasteiger partial charge in [0.1, 0.15) is 11.9 Å².